The van der Waals surface area contributed by atoms with Crippen LogP contribution in [0.15, 0.2) is 30.5 Å². The van der Waals surface area contributed by atoms with Gasteiger partial charge in [-0.05, 0) is 12.5 Å². The maximum absolute atomic E-state index is 10.5. The summed E-state index contributed by atoms with van der Waals surface area (Å²) in [4.78, 5) is 16.0. The Morgan fingerprint density at radius 3 is 2.60 bits per heavy atom. The zero-order chi connectivity index (χ0) is 10.7. The van der Waals surface area contributed by atoms with Gasteiger partial charge in [0, 0.05) is 23.1 Å². The minimum absolute atomic E-state index is 0.717. The van der Waals surface area contributed by atoms with Crippen LogP contribution in [0, 0.1) is 6.92 Å². The van der Waals surface area contributed by atoms with Crippen molar-refractivity contribution in [3.8, 4) is 0 Å². The van der Waals surface area contributed by atoms with E-state index in [-0.39, 0.29) is 0 Å². The van der Waals surface area contributed by atoms with Crippen LogP contribution < -0.4 is 0 Å². The molecule has 0 saturated carbocycles. The Labute approximate surface area is 92.6 Å². The van der Waals surface area contributed by atoms with Gasteiger partial charge < -0.3 is 0 Å². The van der Waals surface area contributed by atoms with E-state index in [1.165, 1.54) is 10.4 Å². The Kier molecular flexibility index (Phi) is 2.92. The van der Waals surface area contributed by atoms with Crippen LogP contribution in [0.1, 0.15) is 25.8 Å². The molecule has 0 aliphatic rings. The van der Waals surface area contributed by atoms with Gasteiger partial charge in [-0.1, -0.05) is 24.3 Å². The summed E-state index contributed by atoms with van der Waals surface area (Å²) >= 11 is 1.71. The van der Waals surface area contributed by atoms with Crippen LogP contribution in [0.25, 0.3) is 0 Å². The number of carbonyl (C=O) groups is 1. The Balaban J connectivity index is 2.14. The van der Waals surface area contributed by atoms with E-state index in [1.54, 1.807) is 11.3 Å². The average Bonchev–Trinajstić information content (AvgIpc) is 2.65. The maximum atomic E-state index is 10.5. The fourth-order valence-corrected chi connectivity index (χ4v) is 2.19. The molecule has 0 unspecified atom stereocenters. The van der Waals surface area contributed by atoms with Crippen LogP contribution in [0.4, 0.5) is 0 Å². The molecule has 1 aromatic heterocycles. The molecule has 0 aliphatic carbocycles. The lowest BCUT2D eigenvalue weighted by molar-refractivity contribution is 0.112. The second-order valence-electron chi connectivity index (χ2n) is 3.40. The number of nitrogens with zero attached hydrogens (tertiary/aromatic N) is 1. The molecule has 2 nitrogen and oxygen atoms in total. The van der Waals surface area contributed by atoms with E-state index in [0.29, 0.717) is 5.56 Å². The van der Waals surface area contributed by atoms with Crippen molar-refractivity contribution in [2.24, 2.45) is 0 Å². The molecule has 1 aromatic carbocycles. The number of hydrogen-bond donors (Lipinski definition) is 0. The molecule has 0 aliphatic heterocycles. The number of thiazole rings is 1. The SMILES string of the molecule is Cc1cnc(Cc2ccc(C=O)cc2)s1. The lowest BCUT2D eigenvalue weighted by Gasteiger charge is -1.97. The first kappa shape index (κ1) is 10.1. The summed E-state index contributed by atoms with van der Waals surface area (Å²) in [7, 11) is 0. The Hall–Kier alpha value is -1.48. The van der Waals surface area contributed by atoms with Crippen LogP contribution >= 0.6 is 11.3 Å². The van der Waals surface area contributed by atoms with Crippen molar-refractivity contribution in [2.75, 3.05) is 0 Å². The van der Waals surface area contributed by atoms with Crippen LogP contribution in [-0.2, 0) is 6.42 Å². The van der Waals surface area contributed by atoms with E-state index < -0.39 is 0 Å². The van der Waals surface area contributed by atoms with Crippen LogP contribution in [0.5, 0.6) is 0 Å². The summed E-state index contributed by atoms with van der Waals surface area (Å²) < 4.78 is 0. The summed E-state index contributed by atoms with van der Waals surface area (Å²) in [5.74, 6) is 0. The van der Waals surface area contributed by atoms with E-state index in [4.69, 9.17) is 0 Å². The smallest absolute Gasteiger partial charge is 0.150 e. The summed E-state index contributed by atoms with van der Waals surface area (Å²) in [5, 5.41) is 1.12. The van der Waals surface area contributed by atoms with Gasteiger partial charge in [0.05, 0.1) is 5.01 Å². The van der Waals surface area contributed by atoms with E-state index in [0.717, 1.165) is 17.7 Å². The van der Waals surface area contributed by atoms with Gasteiger partial charge in [0.25, 0.3) is 0 Å². The zero-order valence-corrected chi connectivity index (χ0v) is 9.25. The molecule has 0 radical (unpaired) electrons. The molecule has 0 saturated heterocycles. The fraction of sp³-hybridized carbons (Fsp3) is 0.167. The quantitative estimate of drug-likeness (QED) is 0.740. The molecule has 0 bridgehead atoms. The molecule has 3 heteroatoms. The topological polar surface area (TPSA) is 30.0 Å². The van der Waals surface area contributed by atoms with Gasteiger partial charge in [0.15, 0.2) is 0 Å². The van der Waals surface area contributed by atoms with Gasteiger partial charge in [-0.25, -0.2) is 4.98 Å². The van der Waals surface area contributed by atoms with Gasteiger partial charge >= 0.3 is 0 Å². The van der Waals surface area contributed by atoms with Crippen molar-refractivity contribution < 1.29 is 4.79 Å². The Morgan fingerprint density at radius 2 is 2.07 bits per heavy atom. The predicted octanol–water partition coefficient (Wildman–Crippen LogP) is 2.85. The van der Waals surface area contributed by atoms with Crippen molar-refractivity contribution in [1.82, 2.24) is 4.98 Å². The van der Waals surface area contributed by atoms with Crippen molar-refractivity contribution in [2.45, 2.75) is 13.3 Å². The number of hydrogen-bond acceptors (Lipinski definition) is 3. The molecule has 76 valence electrons. The first-order valence-electron chi connectivity index (χ1n) is 4.73. The van der Waals surface area contributed by atoms with E-state index >= 15 is 0 Å². The van der Waals surface area contributed by atoms with E-state index in [2.05, 4.69) is 11.9 Å². The van der Waals surface area contributed by atoms with Gasteiger partial charge in [-0.3, -0.25) is 4.79 Å². The van der Waals surface area contributed by atoms with E-state index in [9.17, 15) is 4.79 Å². The normalized spacial score (nSPS) is 10.2. The molecule has 15 heavy (non-hydrogen) atoms. The van der Waals surface area contributed by atoms with Crippen LogP contribution in [0.2, 0.25) is 0 Å². The molecule has 0 atom stereocenters. The summed E-state index contributed by atoms with van der Waals surface area (Å²) in [6.45, 7) is 2.05. The Bertz CT molecular complexity index is 459. The second-order valence-corrected chi connectivity index (χ2v) is 4.72. The highest BCUT2D eigenvalue weighted by atomic mass is 32.1. The molecular formula is C12H11NOS. The predicted molar refractivity (Wildman–Crippen MR) is 61.5 cm³/mol. The molecule has 0 spiro atoms. The molecule has 1 heterocycles. The minimum Gasteiger partial charge on any atom is -0.298 e. The largest absolute Gasteiger partial charge is 0.298 e. The third-order valence-electron chi connectivity index (χ3n) is 2.14. The van der Waals surface area contributed by atoms with E-state index in [1.807, 2.05) is 30.5 Å². The number of benzene rings is 1. The number of rotatable bonds is 3. The van der Waals surface area contributed by atoms with Crippen molar-refractivity contribution in [3.05, 3.63) is 51.5 Å². The Morgan fingerprint density at radius 1 is 1.33 bits per heavy atom. The van der Waals surface area contributed by atoms with Gasteiger partial charge in [0.2, 0.25) is 0 Å². The van der Waals surface area contributed by atoms with Crippen LogP contribution in [-0.4, -0.2) is 11.3 Å². The summed E-state index contributed by atoms with van der Waals surface area (Å²) in [6.07, 6.45) is 3.59. The van der Waals surface area contributed by atoms with Gasteiger partial charge in [0.1, 0.15) is 6.29 Å². The highest BCUT2D eigenvalue weighted by Crippen LogP contribution is 2.15. The number of aldehydes is 1. The lowest BCUT2D eigenvalue weighted by Crippen LogP contribution is -1.87. The third kappa shape index (κ3) is 2.50. The first-order valence-corrected chi connectivity index (χ1v) is 5.55. The summed E-state index contributed by atoms with van der Waals surface area (Å²) in [5.41, 5.74) is 1.91. The minimum atomic E-state index is 0.717. The molecule has 0 fully saturated rings. The first-order chi connectivity index (χ1) is 7.28. The monoisotopic (exact) mass is 217 g/mol. The van der Waals surface area contributed by atoms with Crippen molar-refractivity contribution in [3.63, 3.8) is 0 Å². The number of aryl methyl sites for hydroxylation is 1. The number of carbonyl (C=O) groups excluding carboxylic acids is 1. The highest BCUT2D eigenvalue weighted by Gasteiger charge is 2.00. The lowest BCUT2D eigenvalue weighted by atomic mass is 10.1. The zero-order valence-electron chi connectivity index (χ0n) is 8.43. The van der Waals surface area contributed by atoms with Gasteiger partial charge in [-0.2, -0.15) is 0 Å². The van der Waals surface area contributed by atoms with Crippen molar-refractivity contribution >= 4 is 17.6 Å². The van der Waals surface area contributed by atoms with Crippen LogP contribution in [0.3, 0.4) is 0 Å². The summed E-state index contributed by atoms with van der Waals surface area (Å²) in [6, 6.07) is 7.62. The fourth-order valence-electron chi connectivity index (χ4n) is 1.37. The van der Waals surface area contributed by atoms with Gasteiger partial charge in [-0.15, -0.1) is 11.3 Å². The maximum Gasteiger partial charge on any atom is 0.150 e. The molecular weight excluding hydrogens is 206 g/mol. The molecule has 2 aromatic rings. The standard InChI is InChI=1S/C12H11NOS/c1-9-7-13-12(15-9)6-10-2-4-11(8-14)5-3-10/h2-5,7-8H,6H2,1H3. The second kappa shape index (κ2) is 4.36. The molecule has 0 N–H and O–H groups in total. The third-order valence-corrected chi connectivity index (χ3v) is 3.05. The average molecular weight is 217 g/mol. The highest BCUT2D eigenvalue weighted by molar-refractivity contribution is 7.11. The molecule has 0 amide bonds. The molecule has 2 rings (SSSR count). The van der Waals surface area contributed by atoms with Crippen molar-refractivity contribution in [1.29, 1.82) is 0 Å². The number of aromatic nitrogens is 1.